The highest BCUT2D eigenvalue weighted by Gasteiger charge is 2.11. The van der Waals surface area contributed by atoms with Crippen LogP contribution in [0.2, 0.25) is 0 Å². The lowest BCUT2D eigenvalue weighted by molar-refractivity contribution is 0.340. The molecule has 2 rings (SSSR count). The van der Waals surface area contributed by atoms with Gasteiger partial charge in [-0.15, -0.1) is 0 Å². The summed E-state index contributed by atoms with van der Waals surface area (Å²) < 4.78 is 19.0. The third kappa shape index (κ3) is 3.55. The van der Waals surface area contributed by atoms with E-state index in [-0.39, 0.29) is 11.9 Å². The molecule has 0 radical (unpaired) electrons. The van der Waals surface area contributed by atoms with E-state index in [1.807, 2.05) is 31.2 Å². The van der Waals surface area contributed by atoms with Crippen LogP contribution in [0, 0.1) is 5.82 Å². The van der Waals surface area contributed by atoms with Crippen molar-refractivity contribution >= 4 is 0 Å². The summed E-state index contributed by atoms with van der Waals surface area (Å²) in [5, 5.41) is 0. The second-order valence-electron chi connectivity index (χ2n) is 4.41. The summed E-state index contributed by atoms with van der Waals surface area (Å²) in [4.78, 5) is 0. The maximum Gasteiger partial charge on any atom is 0.127 e. The zero-order valence-electron chi connectivity index (χ0n) is 11.0. The number of rotatable bonds is 5. The molecular formula is C16H18FNO. The topological polar surface area (TPSA) is 35.2 Å². The average molecular weight is 259 g/mol. The Labute approximate surface area is 113 Å². The first-order valence-electron chi connectivity index (χ1n) is 6.42. The van der Waals surface area contributed by atoms with Gasteiger partial charge in [-0.1, -0.05) is 30.3 Å². The highest BCUT2D eigenvalue weighted by atomic mass is 19.1. The van der Waals surface area contributed by atoms with E-state index in [0.29, 0.717) is 18.6 Å². The summed E-state index contributed by atoms with van der Waals surface area (Å²) in [5.74, 6) is 0.589. The molecule has 0 aliphatic carbocycles. The minimum Gasteiger partial charge on any atom is -0.494 e. The van der Waals surface area contributed by atoms with Crippen LogP contribution in [-0.2, 0) is 6.42 Å². The molecule has 0 saturated heterocycles. The van der Waals surface area contributed by atoms with E-state index < -0.39 is 0 Å². The van der Waals surface area contributed by atoms with Crippen LogP contribution < -0.4 is 10.5 Å². The second-order valence-corrected chi connectivity index (χ2v) is 4.41. The molecule has 0 aromatic heterocycles. The first-order valence-corrected chi connectivity index (χ1v) is 6.42. The molecule has 19 heavy (non-hydrogen) atoms. The molecule has 2 aromatic rings. The van der Waals surface area contributed by atoms with E-state index in [1.54, 1.807) is 18.2 Å². The van der Waals surface area contributed by atoms with Crippen molar-refractivity contribution in [1.29, 1.82) is 0 Å². The van der Waals surface area contributed by atoms with Crippen molar-refractivity contribution < 1.29 is 9.13 Å². The molecule has 0 fully saturated rings. The molecule has 0 aliphatic rings. The fraction of sp³-hybridized carbons (Fsp3) is 0.250. The third-order valence-corrected chi connectivity index (χ3v) is 2.99. The van der Waals surface area contributed by atoms with Gasteiger partial charge in [0.1, 0.15) is 11.6 Å². The number of benzene rings is 2. The van der Waals surface area contributed by atoms with Crippen molar-refractivity contribution in [2.75, 3.05) is 6.61 Å². The van der Waals surface area contributed by atoms with Crippen LogP contribution in [0.25, 0.3) is 0 Å². The Kier molecular flexibility index (Phi) is 4.53. The zero-order valence-corrected chi connectivity index (χ0v) is 11.0. The first-order chi connectivity index (χ1) is 9.20. The Hall–Kier alpha value is -1.87. The SMILES string of the molecule is CCOc1ccc(CC(N)c2ccccc2F)cc1. The monoisotopic (exact) mass is 259 g/mol. The molecule has 100 valence electrons. The van der Waals surface area contributed by atoms with Gasteiger partial charge in [-0.3, -0.25) is 0 Å². The van der Waals surface area contributed by atoms with Crippen LogP contribution in [0.5, 0.6) is 5.75 Å². The molecule has 0 amide bonds. The Morgan fingerprint density at radius 3 is 2.42 bits per heavy atom. The molecule has 0 spiro atoms. The zero-order chi connectivity index (χ0) is 13.7. The molecule has 3 heteroatoms. The van der Waals surface area contributed by atoms with E-state index in [4.69, 9.17) is 10.5 Å². The largest absolute Gasteiger partial charge is 0.494 e. The quantitative estimate of drug-likeness (QED) is 0.892. The number of ether oxygens (including phenoxy) is 1. The molecule has 0 saturated carbocycles. The number of hydrogen-bond donors (Lipinski definition) is 1. The normalized spacial score (nSPS) is 12.2. The lowest BCUT2D eigenvalue weighted by Gasteiger charge is -2.13. The van der Waals surface area contributed by atoms with Crippen LogP contribution in [0.3, 0.4) is 0 Å². The third-order valence-electron chi connectivity index (χ3n) is 2.99. The molecule has 0 aliphatic heterocycles. The van der Waals surface area contributed by atoms with Crippen molar-refractivity contribution in [3.63, 3.8) is 0 Å². The standard InChI is InChI=1S/C16H18FNO/c1-2-19-13-9-7-12(8-10-13)11-16(18)14-5-3-4-6-15(14)17/h3-10,16H,2,11,18H2,1H3. The van der Waals surface area contributed by atoms with Crippen molar-refractivity contribution in [3.05, 3.63) is 65.5 Å². The fourth-order valence-electron chi connectivity index (χ4n) is 2.03. The van der Waals surface area contributed by atoms with Crippen molar-refractivity contribution in [1.82, 2.24) is 0 Å². The summed E-state index contributed by atoms with van der Waals surface area (Å²) in [5.41, 5.74) is 7.67. The van der Waals surface area contributed by atoms with Gasteiger partial charge in [0, 0.05) is 11.6 Å². The van der Waals surface area contributed by atoms with Crippen LogP contribution in [0.1, 0.15) is 24.1 Å². The summed E-state index contributed by atoms with van der Waals surface area (Å²) in [6.07, 6.45) is 0.605. The summed E-state index contributed by atoms with van der Waals surface area (Å²) in [7, 11) is 0. The number of nitrogens with two attached hydrogens (primary N) is 1. The maximum atomic E-state index is 13.6. The molecule has 2 N–H and O–H groups in total. The lowest BCUT2D eigenvalue weighted by Crippen LogP contribution is -2.14. The van der Waals surface area contributed by atoms with Crippen molar-refractivity contribution in [2.24, 2.45) is 5.73 Å². The molecular weight excluding hydrogens is 241 g/mol. The predicted octanol–water partition coefficient (Wildman–Crippen LogP) is 3.47. The summed E-state index contributed by atoms with van der Waals surface area (Å²) in [6.45, 7) is 2.59. The highest BCUT2D eigenvalue weighted by molar-refractivity contribution is 5.29. The Balaban J connectivity index is 2.06. The van der Waals surface area contributed by atoms with Crippen molar-refractivity contribution in [3.8, 4) is 5.75 Å². The van der Waals surface area contributed by atoms with Gasteiger partial charge in [-0.25, -0.2) is 4.39 Å². The lowest BCUT2D eigenvalue weighted by atomic mass is 9.99. The smallest absolute Gasteiger partial charge is 0.127 e. The first kappa shape index (κ1) is 13.6. The molecule has 0 heterocycles. The van der Waals surface area contributed by atoms with Crippen LogP contribution in [0.15, 0.2) is 48.5 Å². The van der Waals surface area contributed by atoms with Crippen LogP contribution in [0.4, 0.5) is 4.39 Å². The Bertz CT molecular complexity index is 525. The molecule has 0 bridgehead atoms. The van der Waals surface area contributed by atoms with E-state index in [1.165, 1.54) is 6.07 Å². The van der Waals surface area contributed by atoms with Crippen LogP contribution >= 0.6 is 0 Å². The maximum absolute atomic E-state index is 13.6. The molecule has 2 nitrogen and oxygen atoms in total. The molecule has 2 aromatic carbocycles. The second kappa shape index (κ2) is 6.34. The van der Waals surface area contributed by atoms with Gasteiger partial charge in [0.25, 0.3) is 0 Å². The summed E-state index contributed by atoms with van der Waals surface area (Å²) >= 11 is 0. The molecule has 1 unspecified atom stereocenters. The number of halogens is 1. The van der Waals surface area contributed by atoms with Gasteiger partial charge in [-0.05, 0) is 37.1 Å². The highest BCUT2D eigenvalue weighted by Crippen LogP contribution is 2.20. The Morgan fingerprint density at radius 1 is 1.11 bits per heavy atom. The van der Waals surface area contributed by atoms with Gasteiger partial charge < -0.3 is 10.5 Å². The van der Waals surface area contributed by atoms with Gasteiger partial charge in [-0.2, -0.15) is 0 Å². The van der Waals surface area contributed by atoms with Gasteiger partial charge >= 0.3 is 0 Å². The van der Waals surface area contributed by atoms with E-state index in [0.717, 1.165) is 11.3 Å². The number of hydrogen-bond acceptors (Lipinski definition) is 2. The fourth-order valence-corrected chi connectivity index (χ4v) is 2.03. The van der Waals surface area contributed by atoms with Crippen LogP contribution in [-0.4, -0.2) is 6.61 Å². The van der Waals surface area contributed by atoms with Gasteiger partial charge in [0.05, 0.1) is 6.61 Å². The van der Waals surface area contributed by atoms with Gasteiger partial charge in [0.15, 0.2) is 0 Å². The van der Waals surface area contributed by atoms with E-state index >= 15 is 0 Å². The Morgan fingerprint density at radius 2 is 1.79 bits per heavy atom. The molecule has 1 atom stereocenters. The summed E-state index contributed by atoms with van der Waals surface area (Å²) in [6, 6.07) is 14.1. The van der Waals surface area contributed by atoms with E-state index in [9.17, 15) is 4.39 Å². The van der Waals surface area contributed by atoms with Gasteiger partial charge in [0.2, 0.25) is 0 Å². The predicted molar refractivity (Wildman–Crippen MR) is 74.6 cm³/mol. The minimum atomic E-state index is -0.334. The average Bonchev–Trinajstić information content (AvgIpc) is 2.42. The van der Waals surface area contributed by atoms with E-state index in [2.05, 4.69) is 0 Å². The minimum absolute atomic E-state index is 0.249. The van der Waals surface area contributed by atoms with Crippen molar-refractivity contribution in [2.45, 2.75) is 19.4 Å².